The van der Waals surface area contributed by atoms with Gasteiger partial charge in [-0.15, -0.1) is 34.0 Å². The molecule has 3 heterocycles. The Kier molecular flexibility index (Phi) is 6.16. The molecule has 0 saturated carbocycles. The van der Waals surface area contributed by atoms with Crippen LogP contribution in [0, 0.1) is 23.7 Å². The molecule has 0 N–H and O–H groups in total. The summed E-state index contributed by atoms with van der Waals surface area (Å²) in [5.41, 5.74) is 2.64. The Morgan fingerprint density at radius 3 is 2.20 bits per heavy atom. The zero-order valence-electron chi connectivity index (χ0n) is 14.7. The molecule has 3 heteroatoms. The van der Waals surface area contributed by atoms with Gasteiger partial charge in [-0.3, -0.25) is 0 Å². The Morgan fingerprint density at radius 2 is 1.48 bits per heavy atom. The maximum absolute atomic E-state index is 3.37. The molecular weight excluding hydrogens is 360 g/mol. The summed E-state index contributed by atoms with van der Waals surface area (Å²) in [5.74, 6) is 13.4. The van der Waals surface area contributed by atoms with E-state index < -0.39 is 0 Å². The summed E-state index contributed by atoms with van der Waals surface area (Å²) < 4.78 is 0. The summed E-state index contributed by atoms with van der Waals surface area (Å²) >= 11 is 5.23. The fourth-order valence-corrected chi connectivity index (χ4v) is 5.06. The van der Waals surface area contributed by atoms with Gasteiger partial charge in [-0.05, 0) is 83.7 Å². The van der Waals surface area contributed by atoms with Gasteiger partial charge in [0, 0.05) is 4.88 Å². The van der Waals surface area contributed by atoms with Gasteiger partial charge in [0.15, 0.2) is 0 Å². The smallest absolute Gasteiger partial charge is 0.0817 e. The molecule has 126 valence electrons. The van der Waals surface area contributed by atoms with Crippen LogP contribution in [0.5, 0.6) is 0 Å². The van der Waals surface area contributed by atoms with Gasteiger partial charge in [0.25, 0.3) is 0 Å². The molecule has 25 heavy (non-hydrogen) atoms. The molecule has 0 spiro atoms. The maximum Gasteiger partial charge on any atom is 0.0817 e. The molecule has 0 aliphatic rings. The molecule has 0 aliphatic carbocycles. The van der Waals surface area contributed by atoms with Gasteiger partial charge in [-0.1, -0.05) is 20.8 Å². The van der Waals surface area contributed by atoms with Crippen LogP contribution in [0.15, 0.2) is 29.6 Å². The largest absolute Gasteiger partial charge is 0.135 e. The van der Waals surface area contributed by atoms with Crippen LogP contribution in [-0.4, -0.2) is 0 Å². The lowest BCUT2D eigenvalue weighted by molar-refractivity contribution is 1.15. The summed E-state index contributed by atoms with van der Waals surface area (Å²) in [7, 11) is 0. The predicted molar refractivity (Wildman–Crippen MR) is 113 cm³/mol. The maximum atomic E-state index is 3.37. The lowest BCUT2D eigenvalue weighted by Gasteiger charge is -1.89. The minimum Gasteiger partial charge on any atom is -0.135 e. The molecule has 0 fully saturated rings. The first-order chi connectivity index (χ1) is 12.2. The molecule has 0 aliphatic heterocycles. The molecule has 0 radical (unpaired) electrons. The van der Waals surface area contributed by atoms with E-state index in [0.29, 0.717) is 0 Å². The third-order valence-corrected chi connectivity index (χ3v) is 6.95. The summed E-state index contributed by atoms with van der Waals surface area (Å²) in [6.07, 6.45) is 3.11. The minimum absolute atomic E-state index is 0.992. The molecule has 0 bridgehead atoms. The topological polar surface area (TPSA) is 0 Å². The molecule has 0 saturated heterocycles. The Bertz CT molecular complexity index is 974. The van der Waals surface area contributed by atoms with E-state index in [-0.39, 0.29) is 0 Å². The molecule has 0 nitrogen and oxygen atoms in total. The van der Waals surface area contributed by atoms with E-state index in [1.54, 1.807) is 34.0 Å². The van der Waals surface area contributed by atoms with Crippen molar-refractivity contribution in [3.8, 4) is 23.7 Å². The first-order valence-electron chi connectivity index (χ1n) is 8.55. The second-order valence-electron chi connectivity index (χ2n) is 5.57. The fourth-order valence-electron chi connectivity index (χ4n) is 2.45. The third-order valence-electron chi connectivity index (χ3n) is 3.93. The minimum atomic E-state index is 0.992. The predicted octanol–water partition coefficient (Wildman–Crippen LogP) is 6.36. The highest BCUT2D eigenvalue weighted by Crippen LogP contribution is 2.23. The van der Waals surface area contributed by atoms with Gasteiger partial charge in [-0.25, -0.2) is 0 Å². The van der Waals surface area contributed by atoms with Crippen molar-refractivity contribution in [2.24, 2.45) is 0 Å². The van der Waals surface area contributed by atoms with Crippen LogP contribution in [0.2, 0.25) is 0 Å². The van der Waals surface area contributed by atoms with E-state index >= 15 is 0 Å². The first-order valence-corrected chi connectivity index (χ1v) is 11.1. The normalized spacial score (nSPS) is 10.0. The zero-order chi connectivity index (χ0) is 17.6. The van der Waals surface area contributed by atoms with E-state index in [0.717, 1.165) is 33.9 Å². The second kappa shape index (κ2) is 8.54. The molecule has 0 unspecified atom stereocenters. The average molecular weight is 381 g/mol. The highest BCUT2D eigenvalue weighted by atomic mass is 32.1. The van der Waals surface area contributed by atoms with Crippen LogP contribution in [0.25, 0.3) is 0 Å². The van der Waals surface area contributed by atoms with E-state index in [1.165, 1.54) is 20.9 Å². The summed E-state index contributed by atoms with van der Waals surface area (Å²) in [6, 6.07) is 8.67. The van der Waals surface area contributed by atoms with Gasteiger partial charge in [0.05, 0.1) is 19.5 Å². The molecule has 3 aromatic heterocycles. The van der Waals surface area contributed by atoms with Crippen molar-refractivity contribution < 1.29 is 0 Å². The second-order valence-corrected chi connectivity index (χ2v) is 8.70. The van der Waals surface area contributed by atoms with E-state index in [4.69, 9.17) is 0 Å². The molecular formula is C22H20S3. The third kappa shape index (κ3) is 4.44. The SMILES string of the molecule is CCc1ccc(C#Cc2sc(C#Cc3sccc3CC)cc2CC)s1. The van der Waals surface area contributed by atoms with E-state index in [2.05, 4.69) is 74.1 Å². The van der Waals surface area contributed by atoms with E-state index in [1.807, 2.05) is 0 Å². The van der Waals surface area contributed by atoms with Crippen molar-refractivity contribution in [1.29, 1.82) is 0 Å². The quantitative estimate of drug-likeness (QED) is 0.464. The van der Waals surface area contributed by atoms with Crippen molar-refractivity contribution in [3.63, 3.8) is 0 Å². The zero-order valence-corrected chi connectivity index (χ0v) is 17.2. The van der Waals surface area contributed by atoms with Crippen molar-refractivity contribution in [2.75, 3.05) is 0 Å². The van der Waals surface area contributed by atoms with Crippen LogP contribution >= 0.6 is 34.0 Å². The Balaban J connectivity index is 1.85. The number of rotatable bonds is 3. The Hall–Kier alpha value is -1.78. The molecule has 0 amide bonds. The number of aryl methyl sites for hydroxylation is 3. The highest BCUT2D eigenvalue weighted by Gasteiger charge is 2.05. The van der Waals surface area contributed by atoms with Crippen molar-refractivity contribution in [1.82, 2.24) is 0 Å². The molecule has 3 aromatic rings. The van der Waals surface area contributed by atoms with Gasteiger partial charge >= 0.3 is 0 Å². The number of hydrogen-bond donors (Lipinski definition) is 0. The van der Waals surface area contributed by atoms with Gasteiger partial charge in [0.2, 0.25) is 0 Å². The Labute approximate surface area is 162 Å². The van der Waals surface area contributed by atoms with Crippen LogP contribution in [0.1, 0.15) is 56.3 Å². The molecule has 0 atom stereocenters. The summed E-state index contributed by atoms with van der Waals surface area (Å²) in [4.78, 5) is 5.98. The fraction of sp³-hybridized carbons (Fsp3) is 0.273. The highest BCUT2D eigenvalue weighted by molar-refractivity contribution is 7.13. The number of thiophene rings is 3. The monoisotopic (exact) mass is 380 g/mol. The summed E-state index contributed by atoms with van der Waals surface area (Å²) in [5, 5.41) is 2.12. The van der Waals surface area contributed by atoms with Crippen LogP contribution in [-0.2, 0) is 19.3 Å². The van der Waals surface area contributed by atoms with Gasteiger partial charge < -0.3 is 0 Å². The van der Waals surface area contributed by atoms with Crippen molar-refractivity contribution in [3.05, 3.63) is 65.2 Å². The lowest BCUT2D eigenvalue weighted by atomic mass is 10.2. The van der Waals surface area contributed by atoms with Gasteiger partial charge in [0.1, 0.15) is 0 Å². The molecule has 3 rings (SSSR count). The Morgan fingerprint density at radius 1 is 0.720 bits per heavy atom. The van der Waals surface area contributed by atoms with Gasteiger partial charge in [-0.2, -0.15) is 0 Å². The lowest BCUT2D eigenvalue weighted by Crippen LogP contribution is -1.78. The standard InChI is InChI=1S/C22H20S3/c1-4-16-13-14-23-21(16)11-10-20-15-17(5-2)22(25-20)12-9-19-8-7-18(6-3)24-19/h7-8,13-15H,4-6H2,1-3H3. The average Bonchev–Trinajstić information content (AvgIpc) is 3.36. The summed E-state index contributed by atoms with van der Waals surface area (Å²) in [6.45, 7) is 6.54. The van der Waals surface area contributed by atoms with Crippen molar-refractivity contribution in [2.45, 2.75) is 40.0 Å². The van der Waals surface area contributed by atoms with E-state index in [9.17, 15) is 0 Å². The van der Waals surface area contributed by atoms with Crippen LogP contribution in [0.3, 0.4) is 0 Å². The first kappa shape index (κ1) is 18.0. The van der Waals surface area contributed by atoms with Crippen molar-refractivity contribution >= 4 is 34.0 Å². The molecule has 0 aromatic carbocycles. The van der Waals surface area contributed by atoms with Crippen LogP contribution in [0.4, 0.5) is 0 Å². The number of hydrogen-bond acceptors (Lipinski definition) is 3. The van der Waals surface area contributed by atoms with Crippen LogP contribution < -0.4 is 0 Å².